The fraction of sp³-hybridized carbons (Fsp3) is 0.926. The van der Waals surface area contributed by atoms with Crippen LogP contribution in [0.25, 0.3) is 0 Å². The van der Waals surface area contributed by atoms with Crippen LogP contribution in [0.3, 0.4) is 0 Å². The Morgan fingerprint density at radius 1 is 0.727 bits per heavy atom. The van der Waals surface area contributed by atoms with Gasteiger partial charge >= 0.3 is 11.9 Å². The van der Waals surface area contributed by atoms with Crippen LogP contribution >= 0.6 is 0 Å². The molecule has 0 aliphatic carbocycles. The maximum atomic E-state index is 13.3. The molecule has 6 nitrogen and oxygen atoms in total. The Kier molecular flexibility index (Phi) is 7.78. The first-order valence-corrected chi connectivity index (χ1v) is 13.1. The summed E-state index contributed by atoms with van der Waals surface area (Å²) in [7, 11) is 0. The van der Waals surface area contributed by atoms with Gasteiger partial charge in [-0.3, -0.25) is 9.59 Å². The summed E-state index contributed by atoms with van der Waals surface area (Å²) in [4.78, 5) is 26.7. The van der Waals surface area contributed by atoms with Gasteiger partial charge in [0.05, 0.1) is 0 Å². The summed E-state index contributed by atoms with van der Waals surface area (Å²) in [5.41, 5.74) is -3.13. The predicted octanol–water partition coefficient (Wildman–Crippen LogP) is 5.31. The summed E-state index contributed by atoms with van der Waals surface area (Å²) in [5.74, 6) is -3.48. The van der Waals surface area contributed by atoms with Gasteiger partial charge in [0, 0.05) is 22.2 Å². The predicted molar refractivity (Wildman–Crippen MR) is 133 cm³/mol. The molecule has 0 amide bonds. The lowest BCUT2D eigenvalue weighted by Crippen LogP contribution is -2.73. The van der Waals surface area contributed by atoms with E-state index in [1.54, 1.807) is 0 Å². The Bertz CT molecular complexity index is 694. The molecule has 0 aromatic heterocycles. The molecule has 2 aliphatic heterocycles. The van der Waals surface area contributed by atoms with Crippen molar-refractivity contribution < 1.29 is 19.8 Å². The maximum absolute atomic E-state index is 13.3. The SMILES string of the molecule is CCC1(C)CC(C(C(=O)O)(C(=O)O)C2CC(C)(CC)NC(C)(CC)C2C)C(C)C(C)(CC)N1. The average Bonchev–Trinajstić information content (AvgIpc) is 2.75. The molecular formula is C27H50N2O4. The second-order valence-corrected chi connectivity index (χ2v) is 12.3. The fourth-order valence-electron chi connectivity index (χ4n) is 7.32. The topological polar surface area (TPSA) is 98.7 Å². The second-order valence-electron chi connectivity index (χ2n) is 12.3. The van der Waals surface area contributed by atoms with Crippen LogP contribution < -0.4 is 10.6 Å². The van der Waals surface area contributed by atoms with E-state index in [1.807, 2.05) is 0 Å². The Hall–Kier alpha value is -1.14. The van der Waals surface area contributed by atoms with Crippen molar-refractivity contribution in [2.24, 2.45) is 29.1 Å². The number of carboxylic acid groups (broad SMARTS) is 2. The highest BCUT2D eigenvalue weighted by atomic mass is 16.4. The van der Waals surface area contributed by atoms with Crippen molar-refractivity contribution in [3.05, 3.63) is 0 Å². The summed E-state index contributed by atoms with van der Waals surface area (Å²) in [6, 6.07) is 0. The van der Waals surface area contributed by atoms with Crippen molar-refractivity contribution in [2.75, 3.05) is 0 Å². The third-order valence-corrected chi connectivity index (χ3v) is 10.6. The Labute approximate surface area is 201 Å². The van der Waals surface area contributed by atoms with Crippen LogP contribution in [0.2, 0.25) is 0 Å². The van der Waals surface area contributed by atoms with Gasteiger partial charge in [0.25, 0.3) is 0 Å². The molecule has 2 saturated heterocycles. The van der Waals surface area contributed by atoms with E-state index in [0.717, 1.165) is 25.7 Å². The first-order chi connectivity index (χ1) is 15.0. The van der Waals surface area contributed by atoms with E-state index >= 15 is 0 Å². The minimum absolute atomic E-state index is 0.0998. The molecule has 8 atom stereocenters. The summed E-state index contributed by atoms with van der Waals surface area (Å²) in [5, 5.41) is 29.4. The van der Waals surface area contributed by atoms with Crippen molar-refractivity contribution in [1.29, 1.82) is 0 Å². The fourth-order valence-corrected chi connectivity index (χ4v) is 7.32. The molecule has 192 valence electrons. The highest BCUT2D eigenvalue weighted by molar-refractivity contribution is 5.99. The van der Waals surface area contributed by atoms with Gasteiger partial charge in [-0.05, 0) is 89.9 Å². The van der Waals surface area contributed by atoms with Crippen LogP contribution in [-0.2, 0) is 9.59 Å². The van der Waals surface area contributed by atoms with Crippen LogP contribution in [0, 0.1) is 29.1 Å². The van der Waals surface area contributed by atoms with E-state index in [2.05, 4.69) is 79.9 Å². The van der Waals surface area contributed by atoms with Gasteiger partial charge in [-0.15, -0.1) is 0 Å². The summed E-state index contributed by atoms with van der Waals surface area (Å²) in [6.45, 7) is 21.1. The molecule has 0 aromatic rings. The van der Waals surface area contributed by atoms with E-state index in [-0.39, 0.29) is 34.0 Å². The number of piperidine rings is 2. The highest BCUT2D eigenvalue weighted by Crippen LogP contribution is 2.58. The minimum Gasteiger partial charge on any atom is -0.480 e. The van der Waals surface area contributed by atoms with Crippen LogP contribution in [0.1, 0.15) is 108 Å². The number of nitrogens with one attached hydrogen (secondary N) is 2. The summed E-state index contributed by atoms with van der Waals surface area (Å²) < 4.78 is 0. The third-order valence-electron chi connectivity index (χ3n) is 10.6. The minimum atomic E-state index is -1.84. The van der Waals surface area contributed by atoms with Gasteiger partial charge in [0.1, 0.15) is 0 Å². The van der Waals surface area contributed by atoms with Crippen molar-refractivity contribution >= 4 is 11.9 Å². The van der Waals surface area contributed by atoms with Crippen LogP contribution in [-0.4, -0.2) is 44.3 Å². The Morgan fingerprint density at radius 3 is 1.24 bits per heavy atom. The Balaban J connectivity index is 2.82. The van der Waals surface area contributed by atoms with E-state index in [0.29, 0.717) is 12.8 Å². The standard InChI is InChI=1S/C27H50N2O4/c1-11-23(7)15-19(17(5)25(9,13-3)28-23)27(21(30)31,22(32)33)20-16-24(8,12-2)29-26(10,14-4)18(20)6/h17-20,28-29H,11-16H2,1-10H3,(H,30,31)(H,32,33). The number of carbonyl (C=O) groups is 2. The number of hydrogen-bond donors (Lipinski definition) is 4. The monoisotopic (exact) mass is 466 g/mol. The molecule has 0 spiro atoms. The normalized spacial score (nSPS) is 44.4. The van der Waals surface area contributed by atoms with Gasteiger partial charge < -0.3 is 20.8 Å². The second kappa shape index (κ2) is 9.14. The zero-order valence-electron chi connectivity index (χ0n) is 22.8. The third kappa shape index (κ3) is 4.35. The molecule has 33 heavy (non-hydrogen) atoms. The number of carboxylic acids is 2. The molecular weight excluding hydrogens is 416 g/mol. The van der Waals surface area contributed by atoms with Crippen molar-refractivity contribution in [1.82, 2.24) is 10.6 Å². The molecule has 2 rings (SSSR count). The first-order valence-electron chi connectivity index (χ1n) is 13.1. The molecule has 4 N–H and O–H groups in total. The van der Waals surface area contributed by atoms with Gasteiger partial charge in [-0.2, -0.15) is 0 Å². The van der Waals surface area contributed by atoms with Crippen LogP contribution in [0.5, 0.6) is 0 Å². The molecule has 0 bridgehead atoms. The van der Waals surface area contributed by atoms with Gasteiger partial charge in [-0.25, -0.2) is 0 Å². The van der Waals surface area contributed by atoms with E-state index < -0.39 is 29.2 Å². The summed E-state index contributed by atoms with van der Waals surface area (Å²) in [6.07, 6.45) is 4.36. The molecule has 6 heteroatoms. The average molecular weight is 467 g/mol. The molecule has 2 heterocycles. The molecule has 8 unspecified atom stereocenters. The smallest absolute Gasteiger partial charge is 0.321 e. The number of hydrogen-bond acceptors (Lipinski definition) is 4. The lowest BCUT2D eigenvalue weighted by molar-refractivity contribution is -0.191. The molecule has 0 aromatic carbocycles. The van der Waals surface area contributed by atoms with Gasteiger partial charge in [0.2, 0.25) is 0 Å². The highest BCUT2D eigenvalue weighted by Gasteiger charge is 2.67. The number of aliphatic carboxylic acids is 2. The van der Waals surface area contributed by atoms with Crippen molar-refractivity contribution in [3.8, 4) is 0 Å². The number of rotatable bonds is 8. The van der Waals surface area contributed by atoms with Crippen LogP contribution in [0.4, 0.5) is 0 Å². The van der Waals surface area contributed by atoms with Gasteiger partial charge in [0.15, 0.2) is 5.41 Å². The lowest BCUT2D eigenvalue weighted by atomic mass is 9.48. The maximum Gasteiger partial charge on any atom is 0.321 e. The van der Waals surface area contributed by atoms with Crippen molar-refractivity contribution in [3.63, 3.8) is 0 Å². The van der Waals surface area contributed by atoms with E-state index in [9.17, 15) is 19.8 Å². The molecule has 0 saturated carbocycles. The summed E-state index contributed by atoms with van der Waals surface area (Å²) >= 11 is 0. The lowest BCUT2D eigenvalue weighted by Gasteiger charge is -2.61. The molecule has 0 radical (unpaired) electrons. The zero-order valence-corrected chi connectivity index (χ0v) is 22.8. The van der Waals surface area contributed by atoms with Crippen LogP contribution in [0.15, 0.2) is 0 Å². The first kappa shape index (κ1) is 28.1. The molecule has 2 aliphatic rings. The largest absolute Gasteiger partial charge is 0.480 e. The zero-order chi connectivity index (χ0) is 25.6. The molecule has 2 fully saturated rings. The van der Waals surface area contributed by atoms with Gasteiger partial charge in [-0.1, -0.05) is 41.5 Å². The van der Waals surface area contributed by atoms with E-state index in [4.69, 9.17) is 0 Å². The quantitative estimate of drug-likeness (QED) is 0.362. The van der Waals surface area contributed by atoms with E-state index in [1.165, 1.54) is 0 Å². The van der Waals surface area contributed by atoms with Crippen molar-refractivity contribution in [2.45, 2.75) is 130 Å². The Morgan fingerprint density at radius 2 is 1.03 bits per heavy atom.